The molecule has 0 atom stereocenters. The van der Waals surface area contributed by atoms with Gasteiger partial charge in [-0.25, -0.2) is 0 Å². The molecule has 0 fully saturated rings. The molecule has 15 heavy (non-hydrogen) atoms. The van der Waals surface area contributed by atoms with Gasteiger partial charge in [0.15, 0.2) is 0 Å². The predicted molar refractivity (Wildman–Crippen MR) is 60.3 cm³/mol. The Morgan fingerprint density at radius 1 is 0.933 bits per heavy atom. The number of nitrogens with one attached hydrogen (secondary N) is 1. The van der Waals surface area contributed by atoms with Crippen molar-refractivity contribution in [2.45, 2.75) is 27.7 Å². The largest absolute Gasteiger partial charge is 3.00 e. The second-order valence-electron chi connectivity index (χ2n) is 3.57. The van der Waals surface area contributed by atoms with Crippen LogP contribution in [-0.2, 0) is 32.7 Å². The van der Waals surface area contributed by atoms with Crippen molar-refractivity contribution in [2.75, 3.05) is 0 Å². The topological polar surface area (TPSA) is 28.7 Å². The van der Waals surface area contributed by atoms with E-state index in [1.165, 1.54) is 22.3 Å². The number of rotatable bonds is 0. The Kier molecular flexibility index (Phi) is 5.15. The van der Waals surface area contributed by atoms with E-state index in [1.807, 2.05) is 0 Å². The number of H-pyrrole nitrogens is 1. The molecule has 76 valence electrons. The van der Waals surface area contributed by atoms with E-state index in [1.54, 1.807) is 0 Å². The number of benzene rings is 1. The molecule has 0 amide bonds. The maximum atomic E-state index is 4.20. The van der Waals surface area contributed by atoms with Gasteiger partial charge < -0.3 is 17.4 Å². The summed E-state index contributed by atoms with van der Waals surface area (Å²) in [7, 11) is 0. The molecule has 0 saturated heterocycles. The smallest absolute Gasteiger partial charge is 0.460 e. The minimum atomic E-state index is 0. The Bertz CT molecular complexity index is 430. The first-order chi connectivity index (χ1) is 6.13. The summed E-state index contributed by atoms with van der Waals surface area (Å²) in [6, 6.07) is 0. The van der Waals surface area contributed by atoms with E-state index < -0.39 is 0 Å². The van der Waals surface area contributed by atoms with Crippen molar-refractivity contribution in [2.24, 2.45) is 0 Å². The molecule has 2 nitrogen and oxygen atoms in total. The summed E-state index contributed by atoms with van der Waals surface area (Å²) < 4.78 is 0. The first-order valence-electron chi connectivity index (χ1n) is 4.45. The second kappa shape index (κ2) is 5.22. The van der Waals surface area contributed by atoms with Crippen LogP contribution in [0.4, 0.5) is 0 Å². The minimum Gasteiger partial charge on any atom is -0.460 e. The Labute approximate surface area is 117 Å². The molecule has 0 saturated carbocycles. The number of imidazole rings is 1. The molecule has 1 heterocycles. The Balaban J connectivity index is 0.000000980. The number of hydrogen-bond acceptors (Lipinski definition) is 1. The van der Waals surface area contributed by atoms with Crippen LogP contribution in [0, 0.1) is 41.4 Å². The van der Waals surface area contributed by atoms with Gasteiger partial charge in [-0.05, 0) is 27.1 Å². The predicted octanol–water partition coefficient (Wildman–Crippen LogP) is 3.04. The molecule has 0 aliphatic heterocycles. The first kappa shape index (κ1) is 14.8. The van der Waals surface area contributed by atoms with E-state index in [-0.39, 0.29) is 40.1 Å². The maximum absolute atomic E-state index is 4.20. The first-order valence-corrected chi connectivity index (χ1v) is 4.45. The van der Waals surface area contributed by atoms with Gasteiger partial charge in [0.05, 0.1) is 0 Å². The van der Waals surface area contributed by atoms with E-state index in [4.69, 9.17) is 0 Å². The van der Waals surface area contributed by atoms with Crippen LogP contribution in [0.2, 0.25) is 0 Å². The number of hydrogen-bond donors (Lipinski definition) is 1. The summed E-state index contributed by atoms with van der Waals surface area (Å²) in [5.74, 6) is 0. The van der Waals surface area contributed by atoms with Crippen LogP contribution in [-0.4, -0.2) is 9.97 Å². The van der Waals surface area contributed by atoms with Crippen LogP contribution in [0.1, 0.15) is 22.3 Å². The zero-order valence-corrected chi connectivity index (χ0v) is 12.9. The zero-order valence-electron chi connectivity index (χ0n) is 10.0. The summed E-state index contributed by atoms with van der Waals surface area (Å²) in [5.41, 5.74) is 7.41. The monoisotopic (exact) mass is 277 g/mol. The van der Waals surface area contributed by atoms with Crippen LogP contribution >= 0.6 is 0 Å². The zero-order chi connectivity index (χ0) is 9.59. The van der Waals surface area contributed by atoms with Gasteiger partial charge in [0.25, 0.3) is 0 Å². The average molecular weight is 277 g/mol. The molecule has 0 spiro atoms. The fourth-order valence-electron chi connectivity index (χ4n) is 1.73. The third-order valence-corrected chi connectivity index (χ3v) is 3.00. The molecule has 1 aromatic heterocycles. The van der Waals surface area contributed by atoms with Gasteiger partial charge in [0.2, 0.25) is 0 Å². The maximum Gasteiger partial charge on any atom is 3.00 e. The minimum absolute atomic E-state index is 0. The summed E-state index contributed by atoms with van der Waals surface area (Å²) in [5, 5.41) is 0. The van der Waals surface area contributed by atoms with Gasteiger partial charge >= 0.3 is 32.7 Å². The molecule has 0 aliphatic rings. The van der Waals surface area contributed by atoms with Gasteiger partial charge in [-0.3, -0.25) is 0 Å². The van der Waals surface area contributed by atoms with Crippen LogP contribution < -0.4 is 0 Å². The molecular weight excluding hydrogens is 261 g/mol. The normalized spacial score (nSPS) is 9.60. The summed E-state index contributed by atoms with van der Waals surface area (Å²) in [4.78, 5) is 7.26. The van der Waals surface area contributed by atoms with Gasteiger partial charge in [-0.15, -0.1) is 0 Å². The van der Waals surface area contributed by atoms with Crippen molar-refractivity contribution in [1.82, 2.24) is 9.97 Å². The van der Waals surface area contributed by atoms with E-state index in [2.05, 4.69) is 44.0 Å². The van der Waals surface area contributed by atoms with Crippen molar-refractivity contribution >= 4 is 11.0 Å². The SMILES string of the molecule is Cc1c(C)c(C)c2[nH][c-]nc2c1C.[CH3-].[Y+3]. The standard InChI is InChI=1S/C11H13N2.CH3.Y/c1-6-7(2)9(4)11-10(8(6)3)12-5-13-11;;/h1-4H3,(H,12,13);1H3;/q2*-1;+3. The average Bonchev–Trinajstić information content (AvgIpc) is 2.59. The molecule has 3 heteroatoms. The van der Waals surface area contributed by atoms with Crippen LogP contribution in [0.25, 0.3) is 11.0 Å². The number of aryl methyl sites for hydroxylation is 2. The van der Waals surface area contributed by atoms with Crippen LogP contribution in [0.5, 0.6) is 0 Å². The number of nitrogens with zero attached hydrogens (tertiary/aromatic N) is 1. The summed E-state index contributed by atoms with van der Waals surface area (Å²) >= 11 is 0. The van der Waals surface area contributed by atoms with Crippen molar-refractivity contribution in [3.05, 3.63) is 36.0 Å². The molecule has 2 rings (SSSR count). The van der Waals surface area contributed by atoms with Crippen molar-refractivity contribution in [3.63, 3.8) is 0 Å². The van der Waals surface area contributed by atoms with Crippen LogP contribution in [0.3, 0.4) is 0 Å². The number of aromatic nitrogens is 2. The van der Waals surface area contributed by atoms with E-state index in [0.29, 0.717) is 0 Å². The number of fused-ring (bicyclic) bond motifs is 1. The summed E-state index contributed by atoms with van der Waals surface area (Å²) in [6.07, 6.45) is 2.80. The molecule has 0 unspecified atom stereocenters. The fourth-order valence-corrected chi connectivity index (χ4v) is 1.73. The third-order valence-electron chi connectivity index (χ3n) is 3.00. The molecule has 0 radical (unpaired) electrons. The Hall–Kier alpha value is -0.206. The van der Waals surface area contributed by atoms with Gasteiger partial charge in [-0.1, -0.05) is 40.2 Å². The quantitative estimate of drug-likeness (QED) is 0.737. The van der Waals surface area contributed by atoms with Gasteiger partial charge in [-0.2, -0.15) is 0 Å². The molecule has 1 N–H and O–H groups in total. The second-order valence-corrected chi connectivity index (χ2v) is 3.57. The van der Waals surface area contributed by atoms with Gasteiger partial charge in [0, 0.05) is 0 Å². The Morgan fingerprint density at radius 2 is 1.47 bits per heavy atom. The molecular formula is C12H16N2Y+. The van der Waals surface area contributed by atoms with E-state index >= 15 is 0 Å². The molecule has 0 aliphatic carbocycles. The Morgan fingerprint density at radius 3 is 2.07 bits per heavy atom. The molecule has 1 aromatic carbocycles. The fraction of sp³-hybridized carbons (Fsp3) is 0.333. The van der Waals surface area contributed by atoms with Crippen molar-refractivity contribution in [1.29, 1.82) is 0 Å². The van der Waals surface area contributed by atoms with E-state index in [0.717, 1.165) is 11.0 Å². The van der Waals surface area contributed by atoms with Crippen molar-refractivity contribution in [3.8, 4) is 0 Å². The molecule has 0 bridgehead atoms. The third kappa shape index (κ3) is 2.16. The van der Waals surface area contributed by atoms with E-state index in [9.17, 15) is 0 Å². The summed E-state index contributed by atoms with van der Waals surface area (Å²) in [6.45, 7) is 8.53. The molecule has 2 aromatic rings. The van der Waals surface area contributed by atoms with Crippen molar-refractivity contribution < 1.29 is 32.7 Å². The van der Waals surface area contributed by atoms with Crippen LogP contribution in [0.15, 0.2) is 0 Å². The number of aromatic amines is 1. The van der Waals surface area contributed by atoms with Gasteiger partial charge in [0.1, 0.15) is 0 Å².